The molecule has 2 aliphatic heterocycles. The Kier molecular flexibility index (Phi) is 2.81. The van der Waals surface area contributed by atoms with Gasteiger partial charge in [-0.1, -0.05) is 17.7 Å². The van der Waals surface area contributed by atoms with E-state index in [-0.39, 0.29) is 17.3 Å². The van der Waals surface area contributed by atoms with Crippen molar-refractivity contribution in [2.75, 3.05) is 6.61 Å². The number of rotatable bonds is 2. The summed E-state index contributed by atoms with van der Waals surface area (Å²) < 4.78 is 31.6. The molecule has 100 valence electrons. The van der Waals surface area contributed by atoms with E-state index < -0.39 is 22.3 Å². The Hall–Kier alpha value is -1.50. The van der Waals surface area contributed by atoms with Crippen molar-refractivity contribution in [2.45, 2.75) is 24.1 Å². The lowest BCUT2D eigenvalue weighted by atomic mass is 10.1. The second kappa shape index (κ2) is 4.26. The van der Waals surface area contributed by atoms with E-state index in [1.165, 1.54) is 12.2 Å². The van der Waals surface area contributed by atoms with Crippen LogP contribution in [0, 0.1) is 6.92 Å². The summed E-state index contributed by atoms with van der Waals surface area (Å²) in [5, 5.41) is 0. The molecule has 2 aliphatic rings. The van der Waals surface area contributed by atoms with E-state index in [2.05, 4.69) is 0 Å². The minimum atomic E-state index is -3.71. The third-order valence-electron chi connectivity index (χ3n) is 3.33. The van der Waals surface area contributed by atoms with Crippen LogP contribution in [0.25, 0.3) is 0 Å². The van der Waals surface area contributed by atoms with E-state index >= 15 is 0 Å². The normalized spacial score (nSPS) is 26.9. The summed E-state index contributed by atoms with van der Waals surface area (Å²) in [5.74, 6) is -0.232. The van der Waals surface area contributed by atoms with Crippen molar-refractivity contribution in [3.8, 4) is 0 Å². The van der Waals surface area contributed by atoms with Crippen molar-refractivity contribution >= 4 is 15.8 Å². The number of carbonyl (C=O) groups is 1. The van der Waals surface area contributed by atoms with Gasteiger partial charge in [0.2, 0.25) is 10.0 Å². The lowest BCUT2D eigenvalue weighted by molar-refractivity contribution is -0.117. The van der Waals surface area contributed by atoms with Crippen LogP contribution in [0.3, 0.4) is 0 Å². The topological polar surface area (TPSA) is 63.7 Å². The van der Waals surface area contributed by atoms with Crippen molar-refractivity contribution in [1.82, 2.24) is 4.31 Å². The van der Waals surface area contributed by atoms with Crippen molar-refractivity contribution in [1.29, 1.82) is 0 Å². The van der Waals surface area contributed by atoms with Crippen LogP contribution in [0.5, 0.6) is 0 Å². The van der Waals surface area contributed by atoms with Crippen LogP contribution in [0.2, 0.25) is 0 Å². The molecule has 0 radical (unpaired) electrons. The third kappa shape index (κ3) is 1.92. The summed E-state index contributed by atoms with van der Waals surface area (Å²) in [5.41, 5.74) is 0.979. The second-order valence-corrected chi connectivity index (χ2v) is 6.49. The zero-order valence-electron chi connectivity index (χ0n) is 10.3. The van der Waals surface area contributed by atoms with Gasteiger partial charge in [0.15, 0.2) is 5.78 Å². The van der Waals surface area contributed by atoms with E-state index in [0.717, 1.165) is 9.87 Å². The minimum absolute atomic E-state index is 0.113. The molecule has 19 heavy (non-hydrogen) atoms. The lowest BCUT2D eigenvalue weighted by Gasteiger charge is -2.27. The summed E-state index contributed by atoms with van der Waals surface area (Å²) in [6, 6.07) is 5.83. The maximum absolute atomic E-state index is 12.6. The largest absolute Gasteiger partial charge is 0.356 e. The molecule has 0 aromatic heterocycles. The maximum Gasteiger partial charge on any atom is 0.246 e. The summed E-state index contributed by atoms with van der Waals surface area (Å²) in [6.45, 7) is 2.00. The van der Waals surface area contributed by atoms with E-state index in [9.17, 15) is 13.2 Å². The Bertz CT molecular complexity index is 648. The van der Waals surface area contributed by atoms with Crippen LogP contribution in [0.15, 0.2) is 41.3 Å². The van der Waals surface area contributed by atoms with Gasteiger partial charge in [-0.25, -0.2) is 8.42 Å². The number of ketones is 1. The molecule has 3 rings (SSSR count). The number of benzene rings is 1. The smallest absolute Gasteiger partial charge is 0.246 e. The van der Waals surface area contributed by atoms with Gasteiger partial charge in [-0.05, 0) is 31.2 Å². The molecule has 2 atom stereocenters. The first-order valence-corrected chi connectivity index (χ1v) is 7.38. The average molecular weight is 279 g/mol. The van der Waals surface area contributed by atoms with Crippen LogP contribution in [-0.4, -0.2) is 37.4 Å². The molecule has 0 saturated carbocycles. The highest BCUT2D eigenvalue weighted by atomic mass is 32.2. The third-order valence-corrected chi connectivity index (χ3v) is 5.22. The Morgan fingerprint density at radius 3 is 2.63 bits per heavy atom. The number of aryl methyl sites for hydroxylation is 1. The molecule has 1 aromatic rings. The molecular formula is C13H13NO4S. The fraction of sp³-hybridized carbons (Fsp3) is 0.308. The summed E-state index contributed by atoms with van der Waals surface area (Å²) in [6.07, 6.45) is 2.20. The number of nitrogens with zero attached hydrogens (tertiary/aromatic N) is 1. The number of carbonyl (C=O) groups excluding carboxylic acids is 1. The van der Waals surface area contributed by atoms with Crippen LogP contribution in [0.4, 0.5) is 0 Å². The first-order chi connectivity index (χ1) is 9.00. The fourth-order valence-electron chi connectivity index (χ4n) is 2.29. The average Bonchev–Trinajstić information content (AvgIpc) is 2.73. The van der Waals surface area contributed by atoms with Gasteiger partial charge < -0.3 is 4.74 Å². The van der Waals surface area contributed by atoms with Crippen molar-refractivity contribution in [3.05, 3.63) is 42.0 Å². The van der Waals surface area contributed by atoms with Crippen LogP contribution in [-0.2, 0) is 19.6 Å². The number of sulfonamides is 1. The number of fused-ring (bicyclic) bond motifs is 2. The predicted octanol–water partition coefficient (Wildman–Crippen LogP) is 0.850. The van der Waals surface area contributed by atoms with Crippen molar-refractivity contribution < 1.29 is 17.9 Å². The molecule has 1 aromatic carbocycles. The maximum atomic E-state index is 12.6. The van der Waals surface area contributed by atoms with Gasteiger partial charge in [-0.2, -0.15) is 4.31 Å². The van der Waals surface area contributed by atoms with E-state index in [1.54, 1.807) is 24.3 Å². The van der Waals surface area contributed by atoms with E-state index in [0.29, 0.717) is 0 Å². The van der Waals surface area contributed by atoms with Crippen LogP contribution in [0.1, 0.15) is 5.56 Å². The molecule has 0 N–H and O–H groups in total. The van der Waals surface area contributed by atoms with Gasteiger partial charge in [0.25, 0.3) is 0 Å². The second-order valence-electron chi connectivity index (χ2n) is 4.65. The molecule has 2 bridgehead atoms. The van der Waals surface area contributed by atoms with Gasteiger partial charge in [-0.15, -0.1) is 0 Å². The van der Waals surface area contributed by atoms with Gasteiger partial charge in [0.1, 0.15) is 12.3 Å². The molecule has 1 fully saturated rings. The summed E-state index contributed by atoms with van der Waals surface area (Å²) in [7, 11) is -3.71. The lowest BCUT2D eigenvalue weighted by Crippen LogP contribution is -2.47. The number of hydrogen-bond acceptors (Lipinski definition) is 4. The Balaban J connectivity index is 2.04. The molecule has 0 unspecified atom stereocenters. The molecule has 0 amide bonds. The van der Waals surface area contributed by atoms with Gasteiger partial charge in [0.05, 0.1) is 11.5 Å². The Labute approximate surface area is 111 Å². The quantitative estimate of drug-likeness (QED) is 0.805. The number of hydrogen-bond donors (Lipinski definition) is 0. The zero-order valence-corrected chi connectivity index (χ0v) is 11.1. The van der Waals surface area contributed by atoms with Crippen molar-refractivity contribution in [2.24, 2.45) is 0 Å². The molecule has 1 saturated heterocycles. The highest BCUT2D eigenvalue weighted by Gasteiger charge is 2.47. The molecule has 0 spiro atoms. The SMILES string of the molecule is Cc1ccc(S(=O)(=O)N2[C@H]3C=CC(=O)[C@@H]2CO3)cc1. The van der Waals surface area contributed by atoms with Gasteiger partial charge >= 0.3 is 0 Å². The van der Waals surface area contributed by atoms with Crippen molar-refractivity contribution in [3.63, 3.8) is 0 Å². The zero-order chi connectivity index (χ0) is 13.6. The molecule has 5 nitrogen and oxygen atoms in total. The molecular weight excluding hydrogens is 266 g/mol. The first kappa shape index (κ1) is 12.5. The van der Waals surface area contributed by atoms with Gasteiger partial charge in [-0.3, -0.25) is 4.79 Å². The van der Waals surface area contributed by atoms with Gasteiger partial charge in [0, 0.05) is 0 Å². The highest BCUT2D eigenvalue weighted by molar-refractivity contribution is 7.89. The molecule has 6 heteroatoms. The summed E-state index contributed by atoms with van der Waals surface area (Å²) in [4.78, 5) is 11.9. The minimum Gasteiger partial charge on any atom is -0.356 e. The monoisotopic (exact) mass is 279 g/mol. The predicted molar refractivity (Wildman–Crippen MR) is 67.9 cm³/mol. The number of ether oxygens (including phenoxy) is 1. The van der Waals surface area contributed by atoms with E-state index in [1.807, 2.05) is 6.92 Å². The fourth-order valence-corrected chi connectivity index (χ4v) is 3.91. The Morgan fingerprint density at radius 2 is 1.95 bits per heavy atom. The van der Waals surface area contributed by atoms with Crippen LogP contribution >= 0.6 is 0 Å². The summed E-state index contributed by atoms with van der Waals surface area (Å²) >= 11 is 0. The van der Waals surface area contributed by atoms with E-state index in [4.69, 9.17) is 4.74 Å². The standard InChI is InChI=1S/C13H13NO4S/c1-9-2-4-10(5-3-9)19(16,17)14-11-8-18-13(14)7-6-12(11)15/h2-7,11,13H,8H2,1H3/t11-,13+/m0/s1. The highest BCUT2D eigenvalue weighted by Crippen LogP contribution is 2.30. The molecule has 2 heterocycles. The first-order valence-electron chi connectivity index (χ1n) is 5.94. The Morgan fingerprint density at radius 1 is 1.26 bits per heavy atom. The molecule has 0 aliphatic carbocycles. The van der Waals surface area contributed by atoms with Crippen LogP contribution < -0.4 is 0 Å².